The van der Waals surface area contributed by atoms with Gasteiger partial charge in [-0.25, -0.2) is 12.8 Å². The van der Waals surface area contributed by atoms with Crippen LogP contribution in [0.5, 0.6) is 11.5 Å². The largest absolute Gasteiger partial charge is 0.493 e. The number of hydrogen-bond donors (Lipinski definition) is 0. The van der Waals surface area contributed by atoms with Crippen LogP contribution in [0.4, 0.5) is 10.1 Å². The molecular weight excluding hydrogens is 473 g/mol. The summed E-state index contributed by atoms with van der Waals surface area (Å²) in [4.78, 5) is 25.2. The van der Waals surface area contributed by atoms with Crippen LogP contribution in [-0.2, 0) is 14.8 Å². The number of nitro benzene ring substituents is 1. The van der Waals surface area contributed by atoms with Crippen LogP contribution in [0.25, 0.3) is 0 Å². The van der Waals surface area contributed by atoms with Crippen LogP contribution in [0.1, 0.15) is 10.4 Å². The molecule has 2 aromatic rings. The van der Waals surface area contributed by atoms with Gasteiger partial charge >= 0.3 is 0 Å². The molecule has 0 N–H and O–H groups in total. The van der Waals surface area contributed by atoms with Gasteiger partial charge in [-0.2, -0.15) is 4.31 Å². The number of piperazine rings is 1. The van der Waals surface area contributed by atoms with Crippen molar-refractivity contribution in [2.45, 2.75) is 4.90 Å². The first-order chi connectivity index (χ1) is 16.2. The normalized spacial score (nSPS) is 14.6. The highest BCUT2D eigenvalue weighted by atomic mass is 32.2. The zero-order valence-electron chi connectivity index (χ0n) is 18.6. The molecule has 1 amide bonds. The Balaban J connectivity index is 1.79. The molecule has 0 aliphatic carbocycles. The van der Waals surface area contributed by atoms with Crippen molar-refractivity contribution in [3.05, 3.63) is 57.9 Å². The molecule has 0 bridgehead atoms. The van der Waals surface area contributed by atoms with Gasteiger partial charge in [-0.3, -0.25) is 14.9 Å². The van der Waals surface area contributed by atoms with E-state index in [4.69, 9.17) is 14.2 Å². The maximum Gasteiger partial charge on any atom is 0.286 e. The lowest BCUT2D eigenvalue weighted by atomic mass is 10.1. The number of methoxy groups -OCH3 is 2. The molecule has 0 saturated carbocycles. The number of benzene rings is 2. The van der Waals surface area contributed by atoms with E-state index in [1.807, 2.05) is 0 Å². The van der Waals surface area contributed by atoms with Gasteiger partial charge in [0.1, 0.15) is 18.0 Å². The molecule has 1 aliphatic rings. The number of nitro groups is 1. The van der Waals surface area contributed by atoms with Gasteiger partial charge in [0.2, 0.25) is 10.0 Å². The molecule has 0 radical (unpaired) electrons. The molecule has 0 aromatic heterocycles. The first-order valence-electron chi connectivity index (χ1n) is 10.2. The summed E-state index contributed by atoms with van der Waals surface area (Å²) in [5, 5.41) is 11.7. The smallest absolute Gasteiger partial charge is 0.286 e. The van der Waals surface area contributed by atoms with E-state index in [2.05, 4.69) is 0 Å². The highest BCUT2D eigenvalue weighted by Crippen LogP contribution is 2.35. The van der Waals surface area contributed by atoms with Gasteiger partial charge in [0.15, 0.2) is 11.5 Å². The summed E-state index contributed by atoms with van der Waals surface area (Å²) < 4.78 is 55.8. The molecule has 34 heavy (non-hydrogen) atoms. The Kier molecular flexibility index (Phi) is 8.02. The molecule has 1 aliphatic heterocycles. The zero-order valence-corrected chi connectivity index (χ0v) is 19.4. The maximum absolute atomic E-state index is 13.5. The van der Waals surface area contributed by atoms with Crippen LogP contribution in [0.3, 0.4) is 0 Å². The summed E-state index contributed by atoms with van der Waals surface area (Å²) in [5.74, 6) is -1.09. The Bertz CT molecular complexity index is 1170. The van der Waals surface area contributed by atoms with E-state index in [0.29, 0.717) is 0 Å². The third-order valence-corrected chi connectivity index (χ3v) is 7.11. The average Bonchev–Trinajstić information content (AvgIpc) is 2.83. The molecule has 1 heterocycles. The van der Waals surface area contributed by atoms with E-state index >= 15 is 0 Å². The van der Waals surface area contributed by atoms with Gasteiger partial charge < -0.3 is 19.1 Å². The van der Waals surface area contributed by atoms with E-state index in [1.54, 1.807) is 0 Å². The second-order valence-corrected chi connectivity index (χ2v) is 9.21. The molecule has 3 rings (SSSR count). The molecule has 2 aromatic carbocycles. The number of sulfonamides is 1. The number of ether oxygens (including phenoxy) is 3. The van der Waals surface area contributed by atoms with Crippen molar-refractivity contribution in [2.75, 3.05) is 53.6 Å². The van der Waals surface area contributed by atoms with Crippen LogP contribution in [-0.4, -0.2) is 82.1 Å². The molecule has 0 spiro atoms. The number of amides is 1. The Morgan fingerprint density at radius 3 is 2.38 bits per heavy atom. The summed E-state index contributed by atoms with van der Waals surface area (Å²) >= 11 is 0. The minimum Gasteiger partial charge on any atom is -0.493 e. The molecule has 0 unspecified atom stereocenters. The van der Waals surface area contributed by atoms with Crippen molar-refractivity contribution in [1.82, 2.24) is 9.21 Å². The van der Waals surface area contributed by atoms with Crippen LogP contribution < -0.4 is 9.47 Å². The van der Waals surface area contributed by atoms with E-state index < -0.39 is 32.4 Å². The van der Waals surface area contributed by atoms with Gasteiger partial charge in [0, 0.05) is 39.4 Å². The molecule has 11 nitrogen and oxygen atoms in total. The SMILES string of the molecule is COCCOc1cc([N+](=O)[O-])c(C(=O)N2CCN(S(=O)(=O)c3cccc(F)c3)CC2)cc1OC. The predicted molar refractivity (Wildman–Crippen MR) is 118 cm³/mol. The summed E-state index contributed by atoms with van der Waals surface area (Å²) in [6.07, 6.45) is 0. The topological polar surface area (TPSA) is 129 Å². The van der Waals surface area contributed by atoms with Gasteiger partial charge in [0.05, 0.1) is 29.6 Å². The highest BCUT2D eigenvalue weighted by Gasteiger charge is 2.33. The minimum atomic E-state index is -3.95. The Labute approximate surface area is 195 Å². The van der Waals surface area contributed by atoms with Gasteiger partial charge in [0.25, 0.3) is 11.6 Å². The Morgan fingerprint density at radius 2 is 1.79 bits per heavy atom. The predicted octanol–water partition coefficient (Wildman–Crippen LogP) is 1.91. The van der Waals surface area contributed by atoms with E-state index in [9.17, 15) is 27.7 Å². The molecule has 0 atom stereocenters. The minimum absolute atomic E-state index is 0.00105. The zero-order chi connectivity index (χ0) is 24.9. The Morgan fingerprint density at radius 1 is 1.09 bits per heavy atom. The van der Waals surface area contributed by atoms with Crippen LogP contribution in [0.2, 0.25) is 0 Å². The van der Waals surface area contributed by atoms with Gasteiger partial charge in [-0.05, 0) is 18.2 Å². The first-order valence-corrected chi connectivity index (χ1v) is 11.7. The quantitative estimate of drug-likeness (QED) is 0.292. The van der Waals surface area contributed by atoms with Crippen LogP contribution in [0, 0.1) is 15.9 Å². The number of halogens is 1. The summed E-state index contributed by atoms with van der Waals surface area (Å²) in [6.45, 7) is 0.277. The number of nitrogens with zero attached hydrogens (tertiary/aromatic N) is 3. The van der Waals surface area contributed by atoms with Crippen LogP contribution >= 0.6 is 0 Å². The Hall–Kier alpha value is -3.29. The second-order valence-electron chi connectivity index (χ2n) is 7.27. The lowest BCUT2D eigenvalue weighted by Crippen LogP contribution is -2.50. The summed E-state index contributed by atoms with van der Waals surface area (Å²) in [5.41, 5.74) is -0.671. The van der Waals surface area contributed by atoms with Gasteiger partial charge in [-0.1, -0.05) is 6.07 Å². The lowest BCUT2D eigenvalue weighted by Gasteiger charge is -2.34. The number of rotatable bonds is 9. The van der Waals surface area contributed by atoms with Crippen molar-refractivity contribution >= 4 is 21.6 Å². The number of carbonyl (C=O) groups is 1. The molecular formula is C21H24FN3O8S. The molecule has 1 saturated heterocycles. The number of hydrogen-bond acceptors (Lipinski definition) is 8. The second kappa shape index (κ2) is 10.8. The summed E-state index contributed by atoms with van der Waals surface area (Å²) in [6, 6.07) is 7.02. The highest BCUT2D eigenvalue weighted by molar-refractivity contribution is 7.89. The first kappa shape index (κ1) is 25.3. The third-order valence-electron chi connectivity index (χ3n) is 5.21. The molecule has 13 heteroatoms. The van der Waals surface area contributed by atoms with E-state index in [-0.39, 0.29) is 61.4 Å². The standard InChI is InChI=1S/C21H24FN3O8S/c1-31-10-11-33-20-14-18(25(27)28)17(13-19(20)32-2)21(26)23-6-8-24(9-7-23)34(29,30)16-5-3-4-15(22)12-16/h3-5,12-14H,6-11H2,1-2H3. The van der Waals surface area contributed by atoms with Crippen molar-refractivity contribution in [3.63, 3.8) is 0 Å². The van der Waals surface area contributed by atoms with Gasteiger partial charge in [-0.15, -0.1) is 0 Å². The van der Waals surface area contributed by atoms with E-state index in [1.165, 1.54) is 37.3 Å². The van der Waals surface area contributed by atoms with Crippen molar-refractivity contribution in [1.29, 1.82) is 0 Å². The van der Waals surface area contributed by atoms with Crippen molar-refractivity contribution in [3.8, 4) is 11.5 Å². The molecule has 184 valence electrons. The van der Waals surface area contributed by atoms with Crippen LogP contribution in [0.15, 0.2) is 41.3 Å². The average molecular weight is 498 g/mol. The maximum atomic E-state index is 13.5. The van der Waals surface area contributed by atoms with E-state index in [0.717, 1.165) is 22.5 Å². The number of carbonyl (C=O) groups excluding carboxylic acids is 1. The fraction of sp³-hybridized carbons (Fsp3) is 0.381. The van der Waals surface area contributed by atoms with Crippen molar-refractivity contribution in [2.24, 2.45) is 0 Å². The third kappa shape index (κ3) is 5.43. The molecule has 1 fully saturated rings. The van der Waals surface area contributed by atoms with Crippen molar-refractivity contribution < 1.29 is 36.7 Å². The fourth-order valence-corrected chi connectivity index (χ4v) is 4.91. The fourth-order valence-electron chi connectivity index (χ4n) is 3.46. The summed E-state index contributed by atoms with van der Waals surface area (Å²) in [7, 11) is -1.12. The monoisotopic (exact) mass is 497 g/mol. The lowest BCUT2D eigenvalue weighted by molar-refractivity contribution is -0.385.